The molecule has 0 amide bonds. The fourth-order valence-corrected chi connectivity index (χ4v) is 1.28. The van der Waals surface area contributed by atoms with Crippen molar-refractivity contribution in [3.63, 3.8) is 0 Å². The van der Waals surface area contributed by atoms with Crippen LogP contribution in [0.4, 0.5) is 4.39 Å². The Kier molecular flexibility index (Phi) is 1.62. The first kappa shape index (κ1) is 7.91. The lowest BCUT2D eigenvalue weighted by Crippen LogP contribution is -1.93. The van der Waals surface area contributed by atoms with Gasteiger partial charge in [-0.2, -0.15) is 5.10 Å². The highest BCUT2D eigenvalue weighted by molar-refractivity contribution is 6.04. The number of aromatic amines is 1. The molecule has 0 aliphatic heterocycles. The zero-order chi connectivity index (χ0) is 9.42. The molecule has 0 aliphatic rings. The Hall–Kier alpha value is -1.71. The molecule has 1 aromatic carbocycles. The van der Waals surface area contributed by atoms with Crippen LogP contribution in [0.2, 0.25) is 0 Å². The lowest BCUT2D eigenvalue weighted by atomic mass is 10.1. The second kappa shape index (κ2) is 2.65. The van der Waals surface area contributed by atoms with E-state index in [0.29, 0.717) is 5.52 Å². The van der Waals surface area contributed by atoms with Crippen LogP contribution in [0.5, 0.6) is 0 Å². The number of hydrogen-bond acceptors (Lipinski definition) is 2. The van der Waals surface area contributed by atoms with Crippen molar-refractivity contribution in [3.8, 4) is 0 Å². The van der Waals surface area contributed by atoms with Gasteiger partial charge in [0, 0.05) is 6.92 Å². The van der Waals surface area contributed by atoms with Gasteiger partial charge in [0.25, 0.3) is 0 Å². The van der Waals surface area contributed by atoms with E-state index >= 15 is 0 Å². The minimum absolute atomic E-state index is 0.160. The maximum atomic E-state index is 13.2. The third kappa shape index (κ3) is 1.11. The SMILES string of the molecule is CC(=O)c1n[nH]c2cccc(F)c12. The summed E-state index contributed by atoms with van der Waals surface area (Å²) < 4.78 is 13.2. The molecule has 0 fully saturated rings. The number of ketones is 1. The summed E-state index contributed by atoms with van der Waals surface area (Å²) in [5.41, 5.74) is 0.707. The molecule has 4 heteroatoms. The van der Waals surface area contributed by atoms with Crippen LogP contribution >= 0.6 is 0 Å². The summed E-state index contributed by atoms with van der Waals surface area (Å²) in [4.78, 5) is 11.0. The fraction of sp³-hybridized carbons (Fsp3) is 0.111. The van der Waals surface area contributed by atoms with E-state index in [1.165, 1.54) is 13.0 Å². The Bertz CT molecular complexity index is 475. The van der Waals surface area contributed by atoms with Gasteiger partial charge in [-0.05, 0) is 12.1 Å². The fourth-order valence-electron chi connectivity index (χ4n) is 1.28. The highest BCUT2D eigenvalue weighted by atomic mass is 19.1. The number of fused-ring (bicyclic) bond motifs is 1. The summed E-state index contributed by atoms with van der Waals surface area (Å²) >= 11 is 0. The molecule has 2 aromatic rings. The summed E-state index contributed by atoms with van der Waals surface area (Å²) in [5, 5.41) is 6.61. The summed E-state index contributed by atoms with van der Waals surface area (Å²) in [6, 6.07) is 4.56. The Morgan fingerprint density at radius 2 is 2.31 bits per heavy atom. The number of Topliss-reactive ketones (excluding diaryl/α,β-unsaturated/α-hetero) is 1. The van der Waals surface area contributed by atoms with Crippen LogP contribution in [0, 0.1) is 5.82 Å². The summed E-state index contributed by atoms with van der Waals surface area (Å²) in [5.74, 6) is -0.659. The molecule has 66 valence electrons. The van der Waals surface area contributed by atoms with Crippen molar-refractivity contribution in [1.29, 1.82) is 0 Å². The van der Waals surface area contributed by atoms with Gasteiger partial charge in [-0.3, -0.25) is 9.89 Å². The van der Waals surface area contributed by atoms with Gasteiger partial charge < -0.3 is 0 Å². The Morgan fingerprint density at radius 1 is 1.54 bits per heavy atom. The molecule has 13 heavy (non-hydrogen) atoms. The molecule has 0 bridgehead atoms. The van der Waals surface area contributed by atoms with Crippen molar-refractivity contribution in [1.82, 2.24) is 10.2 Å². The van der Waals surface area contributed by atoms with E-state index in [1.807, 2.05) is 0 Å². The van der Waals surface area contributed by atoms with Crippen molar-refractivity contribution >= 4 is 16.7 Å². The summed E-state index contributed by atoms with van der Waals surface area (Å²) in [6.45, 7) is 1.36. The van der Waals surface area contributed by atoms with Crippen molar-refractivity contribution in [2.45, 2.75) is 6.92 Å². The number of nitrogens with one attached hydrogen (secondary N) is 1. The Morgan fingerprint density at radius 3 is 3.00 bits per heavy atom. The number of nitrogens with zero attached hydrogens (tertiary/aromatic N) is 1. The maximum Gasteiger partial charge on any atom is 0.180 e. The zero-order valence-corrected chi connectivity index (χ0v) is 6.97. The smallest absolute Gasteiger partial charge is 0.180 e. The maximum absolute atomic E-state index is 13.2. The normalized spacial score (nSPS) is 10.6. The van der Waals surface area contributed by atoms with Gasteiger partial charge in [-0.1, -0.05) is 6.07 Å². The van der Waals surface area contributed by atoms with Crippen molar-refractivity contribution < 1.29 is 9.18 Å². The highest BCUT2D eigenvalue weighted by Gasteiger charge is 2.12. The van der Waals surface area contributed by atoms with Gasteiger partial charge >= 0.3 is 0 Å². The topological polar surface area (TPSA) is 45.8 Å². The molecule has 1 N–H and O–H groups in total. The molecule has 0 spiro atoms. The molecule has 1 heterocycles. The summed E-state index contributed by atoms with van der Waals surface area (Å²) in [7, 11) is 0. The van der Waals surface area contributed by atoms with E-state index in [0.717, 1.165) is 0 Å². The number of rotatable bonds is 1. The van der Waals surface area contributed by atoms with Gasteiger partial charge in [0.15, 0.2) is 5.78 Å². The van der Waals surface area contributed by atoms with E-state index in [4.69, 9.17) is 0 Å². The van der Waals surface area contributed by atoms with Gasteiger partial charge in [-0.25, -0.2) is 4.39 Å². The van der Waals surface area contributed by atoms with Gasteiger partial charge in [0.2, 0.25) is 0 Å². The number of aromatic nitrogens is 2. The largest absolute Gasteiger partial charge is 0.293 e. The van der Waals surface area contributed by atoms with Crippen molar-refractivity contribution in [3.05, 3.63) is 29.7 Å². The molecule has 2 rings (SSSR count). The number of benzene rings is 1. The van der Waals surface area contributed by atoms with Crippen LogP contribution in [-0.2, 0) is 0 Å². The lowest BCUT2D eigenvalue weighted by molar-refractivity contribution is 0.101. The second-order valence-corrected chi connectivity index (χ2v) is 2.79. The Balaban J connectivity index is 2.86. The molecule has 0 aliphatic carbocycles. The van der Waals surface area contributed by atoms with Crippen LogP contribution in [0.1, 0.15) is 17.4 Å². The number of halogens is 1. The third-order valence-corrected chi connectivity index (χ3v) is 1.87. The third-order valence-electron chi connectivity index (χ3n) is 1.87. The van der Waals surface area contributed by atoms with Crippen LogP contribution in [0.15, 0.2) is 18.2 Å². The quantitative estimate of drug-likeness (QED) is 0.678. The van der Waals surface area contributed by atoms with Crippen LogP contribution in [0.25, 0.3) is 10.9 Å². The molecule has 0 saturated heterocycles. The minimum atomic E-state index is -0.420. The van der Waals surface area contributed by atoms with E-state index < -0.39 is 5.82 Å². The summed E-state index contributed by atoms with van der Waals surface area (Å²) in [6.07, 6.45) is 0. The molecule has 0 unspecified atom stereocenters. The highest BCUT2D eigenvalue weighted by Crippen LogP contribution is 2.19. The first-order valence-corrected chi connectivity index (χ1v) is 3.83. The molecule has 3 nitrogen and oxygen atoms in total. The van der Waals surface area contributed by atoms with Gasteiger partial charge in [0.05, 0.1) is 10.9 Å². The van der Waals surface area contributed by atoms with Crippen LogP contribution in [-0.4, -0.2) is 16.0 Å². The van der Waals surface area contributed by atoms with Gasteiger partial charge in [-0.15, -0.1) is 0 Å². The predicted octanol–water partition coefficient (Wildman–Crippen LogP) is 1.90. The lowest BCUT2D eigenvalue weighted by Gasteiger charge is -1.92. The van der Waals surface area contributed by atoms with E-state index in [9.17, 15) is 9.18 Å². The molecule has 0 radical (unpaired) electrons. The van der Waals surface area contributed by atoms with Crippen molar-refractivity contribution in [2.24, 2.45) is 0 Å². The number of H-pyrrole nitrogens is 1. The molecular formula is C9H7FN2O. The predicted molar refractivity (Wildman–Crippen MR) is 46.1 cm³/mol. The minimum Gasteiger partial charge on any atom is -0.293 e. The van der Waals surface area contributed by atoms with E-state index in [1.54, 1.807) is 12.1 Å². The molecule has 0 saturated carbocycles. The monoisotopic (exact) mass is 178 g/mol. The first-order valence-electron chi connectivity index (χ1n) is 3.83. The number of carbonyl (C=O) groups excluding carboxylic acids is 1. The van der Waals surface area contributed by atoms with Gasteiger partial charge in [0.1, 0.15) is 11.5 Å². The number of hydrogen-bond donors (Lipinski definition) is 1. The van der Waals surface area contributed by atoms with E-state index in [-0.39, 0.29) is 16.9 Å². The second-order valence-electron chi connectivity index (χ2n) is 2.79. The standard InChI is InChI=1S/C9H7FN2O/c1-5(13)9-8-6(10)3-2-4-7(8)11-12-9/h2-4H,1H3,(H,11,12). The van der Waals surface area contributed by atoms with Crippen LogP contribution < -0.4 is 0 Å². The molecule has 1 aromatic heterocycles. The molecule has 0 atom stereocenters. The first-order chi connectivity index (χ1) is 6.20. The average molecular weight is 178 g/mol. The van der Waals surface area contributed by atoms with E-state index in [2.05, 4.69) is 10.2 Å². The zero-order valence-electron chi connectivity index (χ0n) is 6.97. The Labute approximate surface area is 73.6 Å². The van der Waals surface area contributed by atoms with Crippen LogP contribution in [0.3, 0.4) is 0 Å². The average Bonchev–Trinajstić information content (AvgIpc) is 2.49. The number of carbonyl (C=O) groups is 1. The van der Waals surface area contributed by atoms with Crippen molar-refractivity contribution in [2.75, 3.05) is 0 Å². The molecular weight excluding hydrogens is 171 g/mol.